The van der Waals surface area contributed by atoms with Crippen molar-refractivity contribution in [1.82, 2.24) is 14.9 Å². The Labute approximate surface area is 142 Å². The second kappa shape index (κ2) is 9.44. The van der Waals surface area contributed by atoms with Crippen LogP contribution in [0.2, 0.25) is 0 Å². The zero-order valence-corrected chi connectivity index (χ0v) is 14.5. The fraction of sp³-hybridized carbons (Fsp3) is 0.412. The van der Waals surface area contributed by atoms with E-state index in [9.17, 15) is 0 Å². The molecule has 1 aromatic carbocycles. The molecule has 2 N–H and O–H groups in total. The number of benzene rings is 1. The van der Waals surface area contributed by atoms with E-state index < -0.39 is 0 Å². The van der Waals surface area contributed by atoms with Crippen LogP contribution >= 0.6 is 0 Å². The molecule has 2 rings (SSSR count). The van der Waals surface area contributed by atoms with Gasteiger partial charge in [-0.25, -0.2) is 4.98 Å². The number of rotatable bonds is 8. The summed E-state index contributed by atoms with van der Waals surface area (Å²) in [5, 5.41) is 6.52. The molecule has 0 fully saturated rings. The molecule has 2 aromatic rings. The van der Waals surface area contributed by atoms with E-state index in [2.05, 4.69) is 20.6 Å². The number of methoxy groups -OCH3 is 1. The van der Waals surface area contributed by atoms with E-state index in [1.54, 1.807) is 19.6 Å². The lowest BCUT2D eigenvalue weighted by atomic mass is 10.2. The van der Waals surface area contributed by atoms with Crippen molar-refractivity contribution < 1.29 is 9.47 Å². The molecule has 0 saturated carbocycles. The number of aliphatic imine (C=N–C) groups is 1. The fourth-order valence-electron chi connectivity index (χ4n) is 2.16. The summed E-state index contributed by atoms with van der Waals surface area (Å²) in [7, 11) is 1.63. The zero-order chi connectivity index (χ0) is 17.2. The maximum absolute atomic E-state index is 5.60. The molecule has 0 aliphatic heterocycles. The van der Waals surface area contributed by atoms with Crippen LogP contribution < -0.4 is 20.1 Å². The van der Waals surface area contributed by atoms with Crippen molar-refractivity contribution in [1.29, 1.82) is 0 Å². The van der Waals surface area contributed by atoms with E-state index in [0.717, 1.165) is 24.7 Å². The molecule has 0 atom stereocenters. The molecule has 1 aromatic heterocycles. The molecule has 0 radical (unpaired) electrons. The first kappa shape index (κ1) is 17.7. The lowest BCUT2D eigenvalue weighted by molar-refractivity contribution is 0.311. The molecule has 0 bridgehead atoms. The Morgan fingerprint density at radius 3 is 2.83 bits per heavy atom. The number of imidazole rings is 1. The Hall–Kier alpha value is -2.70. The standard InChI is InChI=1S/C17H25N5O2/c1-4-19-17(20-9-11-22-10-8-18-13-22)21-14-6-7-15(23-3)16(12-14)24-5-2/h6-8,10,12-13H,4-5,9,11H2,1-3H3,(H2,19,20,21). The molecule has 0 unspecified atom stereocenters. The third kappa shape index (κ3) is 5.19. The van der Waals surface area contributed by atoms with Crippen molar-refractivity contribution in [3.63, 3.8) is 0 Å². The second-order valence-electron chi connectivity index (χ2n) is 4.98. The predicted octanol–water partition coefficient (Wildman–Crippen LogP) is 2.37. The van der Waals surface area contributed by atoms with Gasteiger partial charge in [0.25, 0.3) is 0 Å². The van der Waals surface area contributed by atoms with Gasteiger partial charge in [0.15, 0.2) is 17.5 Å². The van der Waals surface area contributed by atoms with Crippen LogP contribution in [-0.2, 0) is 6.54 Å². The van der Waals surface area contributed by atoms with E-state index in [4.69, 9.17) is 9.47 Å². The zero-order valence-electron chi connectivity index (χ0n) is 14.5. The van der Waals surface area contributed by atoms with Gasteiger partial charge in [-0.3, -0.25) is 4.99 Å². The quantitative estimate of drug-likeness (QED) is 0.574. The molecule has 0 aliphatic carbocycles. The smallest absolute Gasteiger partial charge is 0.195 e. The second-order valence-corrected chi connectivity index (χ2v) is 4.98. The van der Waals surface area contributed by atoms with Gasteiger partial charge >= 0.3 is 0 Å². The molecule has 24 heavy (non-hydrogen) atoms. The van der Waals surface area contributed by atoms with Crippen LogP contribution in [0.25, 0.3) is 0 Å². The highest BCUT2D eigenvalue weighted by Gasteiger charge is 2.06. The third-order valence-electron chi connectivity index (χ3n) is 3.26. The first-order valence-corrected chi connectivity index (χ1v) is 8.08. The molecule has 0 amide bonds. The van der Waals surface area contributed by atoms with E-state index in [-0.39, 0.29) is 0 Å². The Bertz CT molecular complexity index is 640. The topological polar surface area (TPSA) is 72.7 Å². The van der Waals surface area contributed by atoms with E-state index in [1.807, 2.05) is 42.8 Å². The molecule has 1 heterocycles. The first-order chi connectivity index (χ1) is 11.8. The Morgan fingerprint density at radius 1 is 1.29 bits per heavy atom. The number of anilines is 1. The SMILES string of the molecule is CCNC(=NCCn1ccnc1)Nc1ccc(OC)c(OCC)c1. The highest BCUT2D eigenvalue weighted by Crippen LogP contribution is 2.30. The van der Waals surface area contributed by atoms with Crippen LogP contribution in [0.3, 0.4) is 0 Å². The normalized spacial score (nSPS) is 11.2. The van der Waals surface area contributed by atoms with Gasteiger partial charge in [0, 0.05) is 37.2 Å². The van der Waals surface area contributed by atoms with E-state index >= 15 is 0 Å². The van der Waals surface area contributed by atoms with Crippen molar-refractivity contribution in [3.8, 4) is 11.5 Å². The van der Waals surface area contributed by atoms with Crippen LogP contribution in [-0.4, -0.2) is 42.3 Å². The van der Waals surface area contributed by atoms with Gasteiger partial charge in [-0.2, -0.15) is 0 Å². The number of nitrogens with one attached hydrogen (secondary N) is 2. The maximum atomic E-state index is 5.60. The number of hydrogen-bond acceptors (Lipinski definition) is 4. The molecular formula is C17H25N5O2. The Kier molecular flexibility index (Phi) is 6.94. The summed E-state index contributed by atoms with van der Waals surface area (Å²) in [5.41, 5.74) is 0.890. The van der Waals surface area contributed by atoms with Crippen LogP contribution in [0.4, 0.5) is 5.69 Å². The van der Waals surface area contributed by atoms with Gasteiger partial charge in [-0.15, -0.1) is 0 Å². The number of hydrogen-bond donors (Lipinski definition) is 2. The van der Waals surface area contributed by atoms with Gasteiger partial charge in [0.1, 0.15) is 0 Å². The van der Waals surface area contributed by atoms with Crippen molar-refractivity contribution in [2.24, 2.45) is 4.99 Å². The summed E-state index contributed by atoms with van der Waals surface area (Å²) < 4.78 is 12.9. The Balaban J connectivity index is 2.04. The van der Waals surface area contributed by atoms with Crippen LogP contribution in [0.5, 0.6) is 11.5 Å². The number of nitrogens with zero attached hydrogens (tertiary/aromatic N) is 3. The van der Waals surface area contributed by atoms with Gasteiger partial charge < -0.3 is 24.7 Å². The van der Waals surface area contributed by atoms with Crippen LogP contribution in [0.1, 0.15) is 13.8 Å². The highest BCUT2D eigenvalue weighted by molar-refractivity contribution is 5.93. The monoisotopic (exact) mass is 331 g/mol. The van der Waals surface area contributed by atoms with Crippen LogP contribution in [0.15, 0.2) is 41.9 Å². The number of aromatic nitrogens is 2. The lowest BCUT2D eigenvalue weighted by Gasteiger charge is -2.14. The van der Waals surface area contributed by atoms with Crippen molar-refractivity contribution in [3.05, 3.63) is 36.9 Å². The highest BCUT2D eigenvalue weighted by atomic mass is 16.5. The van der Waals surface area contributed by atoms with Crippen LogP contribution in [0, 0.1) is 0 Å². The van der Waals surface area contributed by atoms with E-state index in [1.165, 1.54) is 0 Å². The van der Waals surface area contributed by atoms with Crippen molar-refractivity contribution in [2.45, 2.75) is 20.4 Å². The third-order valence-corrected chi connectivity index (χ3v) is 3.26. The summed E-state index contributed by atoms with van der Waals surface area (Å²) >= 11 is 0. The van der Waals surface area contributed by atoms with Crippen molar-refractivity contribution in [2.75, 3.05) is 32.1 Å². The first-order valence-electron chi connectivity index (χ1n) is 8.08. The largest absolute Gasteiger partial charge is 0.493 e. The molecule has 0 spiro atoms. The summed E-state index contributed by atoms with van der Waals surface area (Å²) in [6.45, 7) is 6.78. The number of ether oxygens (including phenoxy) is 2. The van der Waals surface area contributed by atoms with Crippen molar-refractivity contribution >= 4 is 11.6 Å². The van der Waals surface area contributed by atoms with Gasteiger partial charge in [-0.1, -0.05) is 0 Å². The predicted molar refractivity (Wildman–Crippen MR) is 96.0 cm³/mol. The molecule has 0 aliphatic rings. The lowest BCUT2D eigenvalue weighted by Crippen LogP contribution is -2.31. The molecular weight excluding hydrogens is 306 g/mol. The Morgan fingerprint density at radius 2 is 2.17 bits per heavy atom. The van der Waals surface area contributed by atoms with Gasteiger partial charge in [0.05, 0.1) is 26.6 Å². The average Bonchev–Trinajstić information content (AvgIpc) is 3.09. The summed E-state index contributed by atoms with van der Waals surface area (Å²) in [5.74, 6) is 2.15. The maximum Gasteiger partial charge on any atom is 0.195 e. The molecule has 130 valence electrons. The summed E-state index contributed by atoms with van der Waals surface area (Å²) in [4.78, 5) is 8.60. The average molecular weight is 331 g/mol. The van der Waals surface area contributed by atoms with Gasteiger partial charge in [-0.05, 0) is 26.0 Å². The fourth-order valence-corrected chi connectivity index (χ4v) is 2.16. The summed E-state index contributed by atoms with van der Waals surface area (Å²) in [6, 6.07) is 5.72. The molecule has 0 saturated heterocycles. The minimum Gasteiger partial charge on any atom is -0.493 e. The van der Waals surface area contributed by atoms with E-state index in [0.29, 0.717) is 24.7 Å². The minimum atomic E-state index is 0.582. The minimum absolute atomic E-state index is 0.582. The summed E-state index contributed by atoms with van der Waals surface area (Å²) in [6.07, 6.45) is 5.47. The van der Waals surface area contributed by atoms with Gasteiger partial charge in [0.2, 0.25) is 0 Å². The number of guanidine groups is 1. The molecule has 7 heteroatoms. The molecule has 7 nitrogen and oxygen atoms in total.